The van der Waals surface area contributed by atoms with Gasteiger partial charge in [0.25, 0.3) is 0 Å². The van der Waals surface area contributed by atoms with Gasteiger partial charge in [-0.2, -0.15) is 13.2 Å². The Bertz CT molecular complexity index is 155. The van der Waals surface area contributed by atoms with Gasteiger partial charge in [0.05, 0.1) is 0 Å². The number of hydrogen-bond acceptors (Lipinski definition) is 2. The highest BCUT2D eigenvalue weighted by molar-refractivity contribution is 9.09. The van der Waals surface area contributed by atoms with Gasteiger partial charge < -0.3 is 10.1 Å². The monoisotopic (exact) mass is 291 g/mol. The van der Waals surface area contributed by atoms with Crippen LogP contribution in [0.5, 0.6) is 0 Å². The third kappa shape index (κ3) is 12.1. The van der Waals surface area contributed by atoms with Crippen LogP contribution in [0.25, 0.3) is 0 Å². The highest BCUT2D eigenvalue weighted by Gasteiger charge is 2.27. The Labute approximate surface area is 96.7 Å². The number of halogens is 4. The molecule has 0 aliphatic rings. The molecule has 0 aromatic rings. The van der Waals surface area contributed by atoms with E-state index in [-0.39, 0.29) is 6.61 Å². The quantitative estimate of drug-likeness (QED) is 0.548. The zero-order valence-corrected chi connectivity index (χ0v) is 10.3. The fraction of sp³-hybridized carbons (Fsp3) is 1.00. The number of rotatable bonds is 8. The Balaban J connectivity index is 3.18. The molecule has 0 heterocycles. The van der Waals surface area contributed by atoms with Gasteiger partial charge in [-0.15, -0.1) is 0 Å². The summed E-state index contributed by atoms with van der Waals surface area (Å²) >= 11 is 3.32. The van der Waals surface area contributed by atoms with Crippen LogP contribution < -0.4 is 5.32 Å². The standard InChI is InChI=1S/C9H17BrF3NO/c1-8(3-4-10)14-5-2-6-15-7-9(11,12)13/h8,14H,2-7H2,1H3. The Morgan fingerprint density at radius 3 is 2.60 bits per heavy atom. The van der Waals surface area contributed by atoms with Crippen molar-refractivity contribution in [2.45, 2.75) is 32.0 Å². The molecule has 0 rings (SSSR count). The minimum Gasteiger partial charge on any atom is -0.372 e. The third-order valence-electron chi connectivity index (χ3n) is 1.77. The summed E-state index contributed by atoms with van der Waals surface area (Å²) in [6, 6.07) is 0.381. The summed E-state index contributed by atoms with van der Waals surface area (Å²) in [5.41, 5.74) is 0. The minimum atomic E-state index is -4.21. The van der Waals surface area contributed by atoms with Crippen LogP contribution in [0, 0.1) is 0 Å². The molecule has 0 saturated heterocycles. The van der Waals surface area contributed by atoms with Gasteiger partial charge in [-0.25, -0.2) is 0 Å². The highest BCUT2D eigenvalue weighted by Crippen LogP contribution is 2.14. The van der Waals surface area contributed by atoms with Gasteiger partial charge >= 0.3 is 6.18 Å². The van der Waals surface area contributed by atoms with Crippen molar-refractivity contribution in [3.63, 3.8) is 0 Å². The molecule has 0 fully saturated rings. The van der Waals surface area contributed by atoms with Crippen LogP contribution in [0.3, 0.4) is 0 Å². The summed E-state index contributed by atoms with van der Waals surface area (Å²) in [7, 11) is 0. The lowest BCUT2D eigenvalue weighted by Crippen LogP contribution is -2.28. The zero-order valence-electron chi connectivity index (χ0n) is 8.74. The van der Waals surface area contributed by atoms with Crippen LogP contribution in [0.2, 0.25) is 0 Å². The lowest BCUT2D eigenvalue weighted by Gasteiger charge is -2.12. The second-order valence-electron chi connectivity index (χ2n) is 3.35. The van der Waals surface area contributed by atoms with Crippen molar-refractivity contribution in [2.75, 3.05) is 25.1 Å². The van der Waals surface area contributed by atoms with E-state index in [0.717, 1.165) is 11.8 Å². The van der Waals surface area contributed by atoms with E-state index in [1.54, 1.807) is 0 Å². The number of nitrogens with one attached hydrogen (secondary N) is 1. The SMILES string of the molecule is CC(CCBr)NCCCOCC(F)(F)F. The first-order chi connectivity index (χ1) is 6.95. The first kappa shape index (κ1) is 15.2. The largest absolute Gasteiger partial charge is 0.411 e. The zero-order chi connectivity index (χ0) is 11.7. The summed E-state index contributed by atoms with van der Waals surface area (Å²) in [5.74, 6) is 0. The maximum absolute atomic E-state index is 11.6. The first-order valence-electron chi connectivity index (χ1n) is 4.89. The van der Waals surface area contributed by atoms with Crippen LogP contribution in [0.1, 0.15) is 19.8 Å². The molecule has 0 aromatic heterocycles. The fourth-order valence-corrected chi connectivity index (χ4v) is 1.66. The molecule has 0 aromatic carbocycles. The molecular formula is C9H17BrF3NO. The van der Waals surface area contributed by atoms with E-state index in [1.807, 2.05) is 6.92 Å². The van der Waals surface area contributed by atoms with Crippen LogP contribution in [-0.2, 0) is 4.74 Å². The third-order valence-corrected chi connectivity index (χ3v) is 2.22. The average molecular weight is 292 g/mol. The van der Waals surface area contributed by atoms with Crippen molar-refractivity contribution in [1.82, 2.24) is 5.32 Å². The smallest absolute Gasteiger partial charge is 0.372 e. The lowest BCUT2D eigenvalue weighted by atomic mass is 10.2. The Hall–Kier alpha value is 0.190. The number of ether oxygens (including phenoxy) is 1. The summed E-state index contributed by atoms with van der Waals surface area (Å²) in [6.07, 6.45) is -2.61. The molecule has 0 spiro atoms. The van der Waals surface area contributed by atoms with Gasteiger partial charge in [0.1, 0.15) is 6.61 Å². The van der Waals surface area contributed by atoms with Gasteiger partial charge in [0.15, 0.2) is 0 Å². The molecule has 0 amide bonds. The summed E-state index contributed by atoms with van der Waals surface area (Å²) in [4.78, 5) is 0. The first-order valence-corrected chi connectivity index (χ1v) is 6.01. The average Bonchev–Trinajstić information content (AvgIpc) is 2.09. The van der Waals surface area contributed by atoms with Crippen molar-refractivity contribution in [1.29, 1.82) is 0 Å². The van der Waals surface area contributed by atoms with Crippen molar-refractivity contribution in [2.24, 2.45) is 0 Å². The van der Waals surface area contributed by atoms with E-state index < -0.39 is 12.8 Å². The Morgan fingerprint density at radius 2 is 2.07 bits per heavy atom. The van der Waals surface area contributed by atoms with Crippen LogP contribution >= 0.6 is 15.9 Å². The summed E-state index contributed by atoms with van der Waals surface area (Å²) < 4.78 is 39.4. The summed E-state index contributed by atoms with van der Waals surface area (Å²) in [6.45, 7) is 1.72. The van der Waals surface area contributed by atoms with Gasteiger partial charge in [-0.05, 0) is 26.3 Å². The van der Waals surface area contributed by atoms with Crippen LogP contribution in [0.4, 0.5) is 13.2 Å². The molecule has 2 nitrogen and oxygen atoms in total. The second-order valence-corrected chi connectivity index (χ2v) is 4.15. The maximum atomic E-state index is 11.6. The fourth-order valence-electron chi connectivity index (χ4n) is 0.976. The Morgan fingerprint density at radius 1 is 1.40 bits per heavy atom. The van der Waals surface area contributed by atoms with E-state index in [9.17, 15) is 13.2 Å². The molecule has 0 aliphatic carbocycles. The molecule has 1 atom stereocenters. The molecule has 0 aliphatic heterocycles. The summed E-state index contributed by atoms with van der Waals surface area (Å²) in [5, 5.41) is 4.11. The molecule has 1 N–H and O–H groups in total. The molecule has 92 valence electrons. The molecule has 0 saturated carbocycles. The topological polar surface area (TPSA) is 21.3 Å². The number of alkyl halides is 4. The number of hydrogen-bond donors (Lipinski definition) is 1. The predicted molar refractivity (Wildman–Crippen MR) is 57.4 cm³/mol. The second kappa shape index (κ2) is 8.35. The van der Waals surface area contributed by atoms with Crippen molar-refractivity contribution >= 4 is 15.9 Å². The van der Waals surface area contributed by atoms with Gasteiger partial charge in [0, 0.05) is 18.0 Å². The molecule has 15 heavy (non-hydrogen) atoms. The predicted octanol–water partition coefficient (Wildman–Crippen LogP) is 2.72. The van der Waals surface area contributed by atoms with E-state index in [2.05, 4.69) is 26.0 Å². The lowest BCUT2D eigenvalue weighted by molar-refractivity contribution is -0.173. The van der Waals surface area contributed by atoms with E-state index >= 15 is 0 Å². The molecular weight excluding hydrogens is 275 g/mol. The van der Waals surface area contributed by atoms with E-state index in [4.69, 9.17) is 0 Å². The van der Waals surface area contributed by atoms with Crippen molar-refractivity contribution in [3.8, 4) is 0 Å². The molecule has 1 unspecified atom stereocenters. The molecule has 0 bridgehead atoms. The molecule has 6 heteroatoms. The van der Waals surface area contributed by atoms with Crippen LogP contribution in [-0.4, -0.2) is 37.3 Å². The van der Waals surface area contributed by atoms with Gasteiger partial charge in [-0.3, -0.25) is 0 Å². The van der Waals surface area contributed by atoms with E-state index in [0.29, 0.717) is 19.0 Å². The normalized spacial score (nSPS) is 14.2. The minimum absolute atomic E-state index is 0.146. The van der Waals surface area contributed by atoms with Gasteiger partial charge in [-0.1, -0.05) is 15.9 Å². The highest BCUT2D eigenvalue weighted by atomic mass is 79.9. The van der Waals surface area contributed by atoms with Gasteiger partial charge in [0.2, 0.25) is 0 Å². The van der Waals surface area contributed by atoms with E-state index in [1.165, 1.54) is 0 Å². The van der Waals surface area contributed by atoms with Crippen LogP contribution in [0.15, 0.2) is 0 Å². The Kier molecular flexibility index (Phi) is 8.46. The molecule has 0 radical (unpaired) electrons. The maximum Gasteiger partial charge on any atom is 0.411 e. The van der Waals surface area contributed by atoms with Crippen molar-refractivity contribution < 1.29 is 17.9 Å². The van der Waals surface area contributed by atoms with Crippen molar-refractivity contribution in [3.05, 3.63) is 0 Å².